The van der Waals surface area contributed by atoms with E-state index in [1.807, 2.05) is 137 Å². The van der Waals surface area contributed by atoms with Crippen LogP contribution in [0.3, 0.4) is 0 Å². The molecule has 0 aliphatic heterocycles. The summed E-state index contributed by atoms with van der Waals surface area (Å²) in [6.45, 7) is 0. The quantitative estimate of drug-likeness (QED) is 0.174. The van der Waals surface area contributed by atoms with E-state index in [9.17, 15) is 29.0 Å². The van der Waals surface area contributed by atoms with Crippen LogP contribution >= 0.6 is 0 Å². The first-order chi connectivity index (χ1) is 29.3. The monoisotopic (exact) mass is 779 g/mol. The van der Waals surface area contributed by atoms with Crippen molar-refractivity contribution in [3.8, 4) is 63.0 Å². The van der Waals surface area contributed by atoms with Gasteiger partial charge >= 0.3 is 6.18 Å². The molecule has 0 aliphatic rings. The van der Waals surface area contributed by atoms with Crippen molar-refractivity contribution in [1.29, 1.82) is 15.8 Å². The van der Waals surface area contributed by atoms with Crippen LogP contribution in [-0.4, -0.2) is 9.13 Å². The zero-order valence-corrected chi connectivity index (χ0v) is 31.5. The highest BCUT2D eigenvalue weighted by molar-refractivity contribution is 6.13. The summed E-state index contributed by atoms with van der Waals surface area (Å²) in [7, 11) is 0. The fraction of sp³-hybridized carbons (Fsp3) is 0.0192. The first kappa shape index (κ1) is 36.0. The van der Waals surface area contributed by atoms with Gasteiger partial charge in [0, 0.05) is 32.7 Å². The normalized spacial score (nSPS) is 11.5. The lowest BCUT2D eigenvalue weighted by atomic mass is 9.94. The van der Waals surface area contributed by atoms with E-state index in [4.69, 9.17) is 0 Å². The third kappa shape index (κ3) is 5.61. The van der Waals surface area contributed by atoms with Gasteiger partial charge in [0.2, 0.25) is 0 Å². The number of nitrogens with zero attached hydrogens (tertiary/aromatic N) is 5. The minimum Gasteiger partial charge on any atom is -0.309 e. The van der Waals surface area contributed by atoms with Gasteiger partial charge in [-0.1, -0.05) is 91.0 Å². The lowest BCUT2D eigenvalue weighted by Gasteiger charge is -2.21. The van der Waals surface area contributed by atoms with Crippen LogP contribution in [0.2, 0.25) is 0 Å². The maximum absolute atomic E-state index is 14.8. The van der Waals surface area contributed by atoms with Crippen molar-refractivity contribution in [2.24, 2.45) is 0 Å². The molecule has 60 heavy (non-hydrogen) atoms. The van der Waals surface area contributed by atoms with Crippen molar-refractivity contribution < 1.29 is 13.2 Å². The highest BCUT2D eigenvalue weighted by Gasteiger charge is 2.33. The number of hydrogen-bond acceptors (Lipinski definition) is 3. The molecule has 0 atom stereocenters. The molecule has 282 valence electrons. The van der Waals surface area contributed by atoms with Crippen LogP contribution in [-0.2, 0) is 6.18 Å². The van der Waals surface area contributed by atoms with Gasteiger partial charge in [-0.3, -0.25) is 0 Å². The molecule has 0 unspecified atom stereocenters. The van der Waals surface area contributed by atoms with E-state index in [1.54, 1.807) is 24.3 Å². The number of benzene rings is 8. The molecule has 2 aromatic heterocycles. The second kappa shape index (κ2) is 13.9. The number of hydrogen-bond donors (Lipinski definition) is 0. The summed E-state index contributed by atoms with van der Waals surface area (Å²) in [5.74, 6) is 0. The largest absolute Gasteiger partial charge is 0.416 e. The second-order valence-corrected chi connectivity index (χ2v) is 14.5. The summed E-state index contributed by atoms with van der Waals surface area (Å²) >= 11 is 0. The Kier molecular flexibility index (Phi) is 8.35. The molecule has 5 nitrogen and oxygen atoms in total. The van der Waals surface area contributed by atoms with E-state index in [-0.39, 0.29) is 11.1 Å². The number of halogens is 3. The fourth-order valence-electron chi connectivity index (χ4n) is 8.67. The zero-order valence-electron chi connectivity index (χ0n) is 31.5. The Labute approximate surface area is 341 Å². The van der Waals surface area contributed by atoms with Crippen molar-refractivity contribution in [1.82, 2.24) is 9.13 Å². The third-order valence-corrected chi connectivity index (χ3v) is 11.3. The molecule has 0 amide bonds. The fourth-order valence-corrected chi connectivity index (χ4v) is 8.67. The van der Waals surface area contributed by atoms with Crippen LogP contribution in [0.25, 0.3) is 88.4 Å². The summed E-state index contributed by atoms with van der Waals surface area (Å²) in [6.07, 6.45) is -4.68. The minimum atomic E-state index is -4.68. The van der Waals surface area contributed by atoms with Crippen molar-refractivity contribution in [2.75, 3.05) is 0 Å². The molecule has 0 aliphatic carbocycles. The number of alkyl halides is 3. The number of fused-ring (bicyclic) bond motifs is 6. The highest BCUT2D eigenvalue weighted by Crippen LogP contribution is 2.45. The van der Waals surface area contributed by atoms with E-state index in [0.29, 0.717) is 28.1 Å². The average Bonchev–Trinajstić information content (AvgIpc) is 3.80. The van der Waals surface area contributed by atoms with Crippen molar-refractivity contribution in [3.63, 3.8) is 0 Å². The van der Waals surface area contributed by atoms with Crippen LogP contribution < -0.4 is 0 Å². The van der Waals surface area contributed by atoms with Crippen LogP contribution in [0.15, 0.2) is 170 Å². The smallest absolute Gasteiger partial charge is 0.309 e. The second-order valence-electron chi connectivity index (χ2n) is 14.5. The SMILES string of the molecule is N#Cc1ccccc1-c1ccc2c(c1)c1ccccc1n2-c1ccc(C(F)(F)F)cc1-c1c(C#N)cccc1-n1c2ccccc2c2cc(-c3ccccc3C#N)ccc21. The summed E-state index contributed by atoms with van der Waals surface area (Å²) < 4.78 is 48.4. The van der Waals surface area contributed by atoms with Gasteiger partial charge in [0.05, 0.1) is 73.9 Å². The Hall–Kier alpha value is -8.38. The molecule has 8 heteroatoms. The maximum Gasteiger partial charge on any atom is 0.416 e. The lowest BCUT2D eigenvalue weighted by molar-refractivity contribution is -0.137. The molecular weight excluding hydrogens is 752 g/mol. The van der Waals surface area contributed by atoms with Crippen molar-refractivity contribution in [2.45, 2.75) is 6.18 Å². The summed E-state index contributed by atoms with van der Waals surface area (Å²) in [5.41, 5.74) is 8.29. The van der Waals surface area contributed by atoms with E-state index in [2.05, 4.69) is 18.2 Å². The van der Waals surface area contributed by atoms with Gasteiger partial charge in [0.1, 0.15) is 0 Å². The predicted molar refractivity (Wildman–Crippen MR) is 231 cm³/mol. The Morgan fingerprint density at radius 2 is 0.850 bits per heavy atom. The topological polar surface area (TPSA) is 81.2 Å². The van der Waals surface area contributed by atoms with Gasteiger partial charge < -0.3 is 9.13 Å². The van der Waals surface area contributed by atoms with Crippen LogP contribution in [0, 0.1) is 34.0 Å². The molecule has 0 fully saturated rings. The van der Waals surface area contributed by atoms with Crippen LogP contribution in [0.5, 0.6) is 0 Å². The Morgan fingerprint density at radius 1 is 0.383 bits per heavy atom. The van der Waals surface area contributed by atoms with Gasteiger partial charge in [-0.25, -0.2) is 0 Å². The van der Waals surface area contributed by atoms with Gasteiger partial charge in [-0.05, 0) is 101 Å². The Morgan fingerprint density at radius 3 is 1.38 bits per heavy atom. The summed E-state index contributed by atoms with van der Waals surface area (Å²) in [6, 6.07) is 58.0. The number of para-hydroxylation sites is 2. The molecule has 10 aromatic rings. The molecule has 0 saturated heterocycles. The first-order valence-electron chi connectivity index (χ1n) is 19.1. The molecule has 8 aromatic carbocycles. The minimum absolute atomic E-state index is 0.203. The Bertz CT molecular complexity index is 3530. The van der Waals surface area contributed by atoms with E-state index in [0.717, 1.165) is 78.0 Å². The average molecular weight is 780 g/mol. The standard InChI is InChI=1S/C52H28F3N5/c53-52(54,55)37-22-25-49(59-45-17-7-5-15-40(45)42-26-32(20-23-47(42)59)38-13-3-1-10-34(38)29-56)44(28-37)51-36(31-58)12-9-19-50(51)60-46-18-8-6-16-41(46)43-27-33(21-24-48(43)60)39-14-4-2-11-35(39)30-57/h1-28H. The third-order valence-electron chi connectivity index (χ3n) is 11.3. The molecular formula is C52H28F3N5. The molecule has 0 radical (unpaired) electrons. The molecule has 0 saturated carbocycles. The molecule has 0 spiro atoms. The summed E-state index contributed by atoms with van der Waals surface area (Å²) in [4.78, 5) is 0. The predicted octanol–water partition coefficient (Wildman–Crippen LogP) is 13.5. The van der Waals surface area contributed by atoms with Gasteiger partial charge in [-0.15, -0.1) is 0 Å². The van der Waals surface area contributed by atoms with Crippen LogP contribution in [0.4, 0.5) is 13.2 Å². The first-order valence-corrected chi connectivity index (χ1v) is 19.1. The summed E-state index contributed by atoms with van der Waals surface area (Å²) in [5, 5.41) is 34.1. The maximum atomic E-state index is 14.8. The van der Waals surface area contributed by atoms with Gasteiger partial charge in [-0.2, -0.15) is 29.0 Å². The lowest BCUT2D eigenvalue weighted by Crippen LogP contribution is -2.08. The zero-order chi connectivity index (χ0) is 41.1. The van der Waals surface area contributed by atoms with Crippen molar-refractivity contribution in [3.05, 3.63) is 192 Å². The Balaban J connectivity index is 1.28. The molecule has 0 N–H and O–H groups in total. The van der Waals surface area contributed by atoms with Crippen molar-refractivity contribution >= 4 is 43.6 Å². The van der Waals surface area contributed by atoms with E-state index in [1.165, 1.54) is 6.07 Å². The molecule has 0 bridgehead atoms. The van der Waals surface area contributed by atoms with Crippen LogP contribution in [0.1, 0.15) is 22.3 Å². The van der Waals surface area contributed by atoms with E-state index >= 15 is 0 Å². The number of nitriles is 3. The van der Waals surface area contributed by atoms with Gasteiger partial charge in [0.15, 0.2) is 0 Å². The molecule has 2 heterocycles. The molecule has 10 rings (SSSR count). The van der Waals surface area contributed by atoms with E-state index < -0.39 is 11.7 Å². The number of aromatic nitrogens is 2. The number of rotatable bonds is 5. The highest BCUT2D eigenvalue weighted by atomic mass is 19.4. The van der Waals surface area contributed by atoms with Gasteiger partial charge in [0.25, 0.3) is 0 Å².